The third kappa shape index (κ3) is 2.88. The van der Waals surface area contributed by atoms with Crippen molar-refractivity contribution in [3.8, 4) is 0 Å². The number of hydrogen-bond acceptors (Lipinski definition) is 5. The van der Waals surface area contributed by atoms with Crippen LogP contribution in [-0.2, 0) is 4.74 Å². The van der Waals surface area contributed by atoms with Gasteiger partial charge in [-0.05, 0) is 19.1 Å². The molecule has 0 radical (unpaired) electrons. The lowest BCUT2D eigenvalue weighted by atomic mass is 10.3. The van der Waals surface area contributed by atoms with Crippen molar-refractivity contribution in [1.82, 2.24) is 9.97 Å². The average Bonchev–Trinajstić information content (AvgIpc) is 2.49. The molecule has 2 aromatic rings. The molecule has 0 bridgehead atoms. The maximum Gasteiger partial charge on any atom is 0.358 e. The molecule has 0 aliphatic rings. The number of anilines is 2. The van der Waals surface area contributed by atoms with Gasteiger partial charge in [-0.25, -0.2) is 14.8 Å². The number of benzene rings is 1. The van der Waals surface area contributed by atoms with E-state index >= 15 is 0 Å². The summed E-state index contributed by atoms with van der Waals surface area (Å²) in [5, 5.41) is 0. The Morgan fingerprint density at radius 1 is 1.21 bits per heavy atom. The van der Waals surface area contributed by atoms with Gasteiger partial charge in [0, 0.05) is 12.2 Å². The largest absolute Gasteiger partial charge is 0.464 e. The molecule has 0 atom stereocenters. The Labute approximate surface area is 111 Å². The van der Waals surface area contributed by atoms with Crippen molar-refractivity contribution in [2.75, 3.05) is 18.6 Å². The second-order valence-corrected chi connectivity index (χ2v) is 3.83. The highest BCUT2D eigenvalue weighted by atomic mass is 16.5. The molecule has 0 N–H and O–H groups in total. The number of carbonyl (C=O) groups excluding carboxylic acids is 1. The van der Waals surface area contributed by atoms with E-state index in [0.717, 1.165) is 12.2 Å². The van der Waals surface area contributed by atoms with Gasteiger partial charge in [-0.2, -0.15) is 0 Å². The molecule has 5 heteroatoms. The molecular formula is C14H15N3O2. The predicted octanol–water partition coefficient (Wildman–Crippen LogP) is 2.42. The number of ether oxygens (including phenoxy) is 1. The topological polar surface area (TPSA) is 55.3 Å². The van der Waals surface area contributed by atoms with Crippen molar-refractivity contribution < 1.29 is 9.53 Å². The van der Waals surface area contributed by atoms with Crippen LogP contribution < -0.4 is 4.90 Å². The van der Waals surface area contributed by atoms with E-state index in [0.29, 0.717) is 5.82 Å². The summed E-state index contributed by atoms with van der Waals surface area (Å²) in [5.41, 5.74) is 1.24. The second kappa shape index (κ2) is 5.95. The number of para-hydroxylation sites is 1. The van der Waals surface area contributed by atoms with Crippen LogP contribution in [0.3, 0.4) is 0 Å². The van der Waals surface area contributed by atoms with Crippen LogP contribution in [-0.4, -0.2) is 29.6 Å². The molecule has 1 aromatic heterocycles. The smallest absolute Gasteiger partial charge is 0.358 e. The van der Waals surface area contributed by atoms with Gasteiger partial charge in [-0.1, -0.05) is 18.2 Å². The number of aromatic nitrogens is 2. The molecule has 0 saturated heterocycles. The van der Waals surface area contributed by atoms with Gasteiger partial charge in [0.15, 0.2) is 11.5 Å². The fourth-order valence-electron chi connectivity index (χ4n) is 1.76. The van der Waals surface area contributed by atoms with Crippen LogP contribution in [0.4, 0.5) is 11.5 Å². The maximum atomic E-state index is 11.3. The zero-order valence-corrected chi connectivity index (χ0v) is 10.9. The quantitative estimate of drug-likeness (QED) is 0.787. The normalized spacial score (nSPS) is 10.0. The predicted molar refractivity (Wildman–Crippen MR) is 72.5 cm³/mol. The molecule has 1 heterocycles. The first-order chi connectivity index (χ1) is 9.26. The van der Waals surface area contributed by atoms with Gasteiger partial charge in [-0.15, -0.1) is 0 Å². The molecule has 0 fully saturated rings. The number of esters is 1. The SMILES string of the molecule is CCN(c1ccccc1)c1cnc(C(=O)OC)cn1. The fourth-order valence-corrected chi connectivity index (χ4v) is 1.76. The van der Waals surface area contributed by atoms with Gasteiger partial charge >= 0.3 is 5.97 Å². The van der Waals surface area contributed by atoms with Crippen LogP contribution in [0.2, 0.25) is 0 Å². The Morgan fingerprint density at radius 2 is 1.95 bits per heavy atom. The highest BCUT2D eigenvalue weighted by molar-refractivity contribution is 5.86. The van der Waals surface area contributed by atoms with E-state index < -0.39 is 5.97 Å². The first-order valence-corrected chi connectivity index (χ1v) is 5.99. The average molecular weight is 257 g/mol. The number of hydrogen-bond donors (Lipinski definition) is 0. The Hall–Kier alpha value is -2.43. The molecule has 98 valence electrons. The van der Waals surface area contributed by atoms with E-state index in [-0.39, 0.29) is 5.69 Å². The lowest BCUT2D eigenvalue weighted by Gasteiger charge is -2.21. The molecule has 2 rings (SSSR count). The Bertz CT molecular complexity index is 540. The molecule has 0 aliphatic heterocycles. The summed E-state index contributed by atoms with van der Waals surface area (Å²) < 4.78 is 4.59. The molecule has 0 unspecified atom stereocenters. The van der Waals surface area contributed by atoms with Crippen molar-refractivity contribution in [2.24, 2.45) is 0 Å². The van der Waals surface area contributed by atoms with Crippen molar-refractivity contribution in [1.29, 1.82) is 0 Å². The van der Waals surface area contributed by atoms with Crippen LogP contribution in [0.15, 0.2) is 42.7 Å². The van der Waals surface area contributed by atoms with Crippen LogP contribution in [0.5, 0.6) is 0 Å². The zero-order chi connectivity index (χ0) is 13.7. The molecule has 5 nitrogen and oxygen atoms in total. The van der Waals surface area contributed by atoms with Crippen molar-refractivity contribution in [2.45, 2.75) is 6.92 Å². The van der Waals surface area contributed by atoms with Gasteiger partial charge < -0.3 is 9.64 Å². The molecular weight excluding hydrogens is 242 g/mol. The minimum Gasteiger partial charge on any atom is -0.464 e. The van der Waals surface area contributed by atoms with E-state index in [1.165, 1.54) is 13.3 Å². The highest BCUT2D eigenvalue weighted by Gasteiger charge is 2.11. The third-order valence-electron chi connectivity index (χ3n) is 2.69. The minimum atomic E-state index is -0.484. The van der Waals surface area contributed by atoms with E-state index in [4.69, 9.17) is 0 Å². The Kier molecular flexibility index (Phi) is 4.07. The molecule has 1 aromatic carbocycles. The maximum absolute atomic E-state index is 11.3. The van der Waals surface area contributed by atoms with Gasteiger partial charge in [-0.3, -0.25) is 0 Å². The number of nitrogens with zero attached hydrogens (tertiary/aromatic N) is 3. The number of carbonyl (C=O) groups is 1. The van der Waals surface area contributed by atoms with E-state index in [2.05, 4.69) is 14.7 Å². The van der Waals surface area contributed by atoms with Crippen LogP contribution in [0.25, 0.3) is 0 Å². The highest BCUT2D eigenvalue weighted by Crippen LogP contribution is 2.21. The van der Waals surface area contributed by atoms with Gasteiger partial charge in [0.25, 0.3) is 0 Å². The summed E-state index contributed by atoms with van der Waals surface area (Å²) >= 11 is 0. The molecule has 0 amide bonds. The summed E-state index contributed by atoms with van der Waals surface area (Å²) in [4.78, 5) is 21.6. The molecule has 0 spiro atoms. The summed E-state index contributed by atoms with van der Waals surface area (Å²) in [6, 6.07) is 9.89. The van der Waals surface area contributed by atoms with Gasteiger partial charge in [0.2, 0.25) is 0 Å². The standard InChI is InChI=1S/C14H15N3O2/c1-3-17(11-7-5-4-6-8-11)13-10-15-12(9-16-13)14(18)19-2/h4-10H,3H2,1-2H3. The Morgan fingerprint density at radius 3 is 2.47 bits per heavy atom. The molecule has 19 heavy (non-hydrogen) atoms. The first kappa shape index (κ1) is 13.0. The van der Waals surface area contributed by atoms with Crippen LogP contribution in [0, 0.1) is 0 Å². The van der Waals surface area contributed by atoms with Gasteiger partial charge in [0.05, 0.1) is 19.5 Å². The fraction of sp³-hybridized carbons (Fsp3) is 0.214. The van der Waals surface area contributed by atoms with Crippen LogP contribution >= 0.6 is 0 Å². The lowest BCUT2D eigenvalue weighted by Crippen LogP contribution is -2.18. The van der Waals surface area contributed by atoms with E-state index in [1.807, 2.05) is 42.2 Å². The van der Waals surface area contributed by atoms with Crippen molar-refractivity contribution in [3.63, 3.8) is 0 Å². The lowest BCUT2D eigenvalue weighted by molar-refractivity contribution is 0.0593. The first-order valence-electron chi connectivity index (χ1n) is 5.99. The zero-order valence-electron chi connectivity index (χ0n) is 10.9. The van der Waals surface area contributed by atoms with Gasteiger partial charge in [0.1, 0.15) is 0 Å². The molecule has 0 aliphatic carbocycles. The summed E-state index contributed by atoms with van der Waals surface area (Å²) in [5.74, 6) is 0.211. The minimum absolute atomic E-state index is 0.204. The summed E-state index contributed by atoms with van der Waals surface area (Å²) in [6.07, 6.45) is 3.00. The van der Waals surface area contributed by atoms with E-state index in [1.54, 1.807) is 6.20 Å². The summed E-state index contributed by atoms with van der Waals surface area (Å²) in [6.45, 7) is 2.79. The monoisotopic (exact) mass is 257 g/mol. The summed E-state index contributed by atoms with van der Waals surface area (Å²) in [7, 11) is 1.32. The number of rotatable bonds is 4. The second-order valence-electron chi connectivity index (χ2n) is 3.83. The molecule has 0 saturated carbocycles. The third-order valence-corrected chi connectivity index (χ3v) is 2.69. The Balaban J connectivity index is 2.27. The number of methoxy groups -OCH3 is 1. The van der Waals surface area contributed by atoms with Crippen molar-refractivity contribution >= 4 is 17.5 Å². The van der Waals surface area contributed by atoms with Crippen molar-refractivity contribution in [3.05, 3.63) is 48.4 Å². The van der Waals surface area contributed by atoms with Crippen LogP contribution in [0.1, 0.15) is 17.4 Å². The van der Waals surface area contributed by atoms with E-state index in [9.17, 15) is 4.79 Å².